The van der Waals surface area contributed by atoms with Crippen LogP contribution in [0.5, 0.6) is 0 Å². The molecule has 1 aromatic carbocycles. The fourth-order valence-corrected chi connectivity index (χ4v) is 3.34. The number of rotatable bonds is 7. The van der Waals surface area contributed by atoms with Crippen LogP contribution < -0.4 is 5.73 Å². The Hall–Kier alpha value is -0.620. The third-order valence-corrected chi connectivity index (χ3v) is 4.31. The Morgan fingerprint density at radius 3 is 2.44 bits per heavy atom. The van der Waals surface area contributed by atoms with E-state index in [2.05, 4.69) is 0 Å². The van der Waals surface area contributed by atoms with Gasteiger partial charge in [-0.1, -0.05) is 23.7 Å². The molecule has 0 fully saturated rings. The van der Waals surface area contributed by atoms with Crippen LogP contribution in [0.25, 0.3) is 0 Å². The van der Waals surface area contributed by atoms with Gasteiger partial charge in [0.15, 0.2) is 9.84 Å². The maximum absolute atomic E-state index is 12.0. The predicted octanol–water partition coefficient (Wildman–Crippen LogP) is 1.62. The number of halogens is 1. The number of ether oxygens (including phenoxy) is 1. The molecule has 4 nitrogen and oxygen atoms in total. The number of hydrogen-bond acceptors (Lipinski definition) is 4. The van der Waals surface area contributed by atoms with Gasteiger partial charge in [-0.2, -0.15) is 0 Å². The van der Waals surface area contributed by atoms with Crippen molar-refractivity contribution in [2.75, 3.05) is 18.9 Å². The molecule has 1 rings (SSSR count). The van der Waals surface area contributed by atoms with Gasteiger partial charge in [-0.05, 0) is 24.6 Å². The highest BCUT2D eigenvalue weighted by Gasteiger charge is 2.19. The zero-order chi connectivity index (χ0) is 13.6. The lowest BCUT2D eigenvalue weighted by molar-refractivity contribution is 0.0846. The highest BCUT2D eigenvalue weighted by Crippen LogP contribution is 2.13. The highest BCUT2D eigenvalue weighted by molar-refractivity contribution is 7.90. The van der Waals surface area contributed by atoms with Crippen LogP contribution >= 0.6 is 11.6 Å². The molecule has 0 aliphatic carbocycles. The van der Waals surface area contributed by atoms with Gasteiger partial charge in [-0.25, -0.2) is 8.42 Å². The normalized spacial score (nSPS) is 13.5. The molecule has 0 bridgehead atoms. The van der Waals surface area contributed by atoms with Gasteiger partial charge >= 0.3 is 0 Å². The van der Waals surface area contributed by atoms with E-state index < -0.39 is 15.9 Å². The zero-order valence-electron chi connectivity index (χ0n) is 10.3. The molecule has 2 N–H and O–H groups in total. The molecule has 0 saturated carbocycles. The quantitative estimate of drug-likeness (QED) is 0.829. The van der Waals surface area contributed by atoms with Gasteiger partial charge in [0.2, 0.25) is 0 Å². The summed E-state index contributed by atoms with van der Waals surface area (Å²) in [5.41, 5.74) is 6.19. The molecule has 0 aromatic heterocycles. The second kappa shape index (κ2) is 7.09. The molecule has 0 aliphatic rings. The van der Waals surface area contributed by atoms with Crippen LogP contribution in [-0.4, -0.2) is 33.4 Å². The van der Waals surface area contributed by atoms with Crippen LogP contribution in [0.1, 0.15) is 12.5 Å². The molecule has 0 radical (unpaired) electrons. The molecule has 1 aromatic rings. The Kier molecular flexibility index (Phi) is 6.08. The minimum absolute atomic E-state index is 0.0201. The minimum atomic E-state index is -3.23. The number of hydrogen-bond donors (Lipinski definition) is 1. The zero-order valence-corrected chi connectivity index (χ0v) is 11.9. The van der Waals surface area contributed by atoms with Crippen molar-refractivity contribution in [3.05, 3.63) is 34.9 Å². The average Bonchev–Trinajstić information content (AvgIpc) is 2.31. The first-order valence-corrected chi connectivity index (χ1v) is 7.93. The largest absolute Gasteiger partial charge is 0.376 e. The van der Waals surface area contributed by atoms with E-state index >= 15 is 0 Å². The van der Waals surface area contributed by atoms with E-state index in [4.69, 9.17) is 22.1 Å². The molecular weight excluding hydrogens is 274 g/mol. The molecule has 1 unspecified atom stereocenters. The van der Waals surface area contributed by atoms with Crippen LogP contribution in [0.4, 0.5) is 0 Å². The van der Waals surface area contributed by atoms with Crippen molar-refractivity contribution in [1.82, 2.24) is 0 Å². The number of benzene rings is 1. The van der Waals surface area contributed by atoms with E-state index in [1.54, 1.807) is 24.3 Å². The Bertz CT molecular complexity index is 459. The Morgan fingerprint density at radius 1 is 1.33 bits per heavy atom. The SMILES string of the molecule is CCOC(CN)CS(=O)(=O)Cc1ccc(Cl)cc1. The fourth-order valence-electron chi connectivity index (χ4n) is 1.60. The Labute approximate surface area is 113 Å². The average molecular weight is 292 g/mol. The number of sulfone groups is 1. The van der Waals surface area contributed by atoms with Crippen molar-refractivity contribution in [2.45, 2.75) is 18.8 Å². The van der Waals surface area contributed by atoms with Crippen molar-refractivity contribution < 1.29 is 13.2 Å². The van der Waals surface area contributed by atoms with Crippen LogP contribution in [0.15, 0.2) is 24.3 Å². The second-order valence-corrected chi connectivity index (χ2v) is 6.54. The summed E-state index contributed by atoms with van der Waals surface area (Å²) in [6.45, 7) is 2.47. The second-order valence-electron chi connectivity index (χ2n) is 3.99. The molecule has 0 heterocycles. The lowest BCUT2D eigenvalue weighted by atomic mass is 10.2. The van der Waals surface area contributed by atoms with Gasteiger partial charge in [-0.15, -0.1) is 0 Å². The summed E-state index contributed by atoms with van der Waals surface area (Å²) in [4.78, 5) is 0. The van der Waals surface area contributed by atoms with Crippen LogP contribution in [0.2, 0.25) is 5.02 Å². The highest BCUT2D eigenvalue weighted by atomic mass is 35.5. The first-order chi connectivity index (χ1) is 8.46. The summed E-state index contributed by atoms with van der Waals surface area (Å²) in [6, 6.07) is 6.76. The third-order valence-electron chi connectivity index (χ3n) is 2.40. The van der Waals surface area contributed by atoms with Gasteiger partial charge in [0.25, 0.3) is 0 Å². The first-order valence-electron chi connectivity index (χ1n) is 5.73. The molecule has 1 atom stereocenters. The lowest BCUT2D eigenvalue weighted by Gasteiger charge is -2.14. The smallest absolute Gasteiger partial charge is 0.157 e. The topological polar surface area (TPSA) is 69.4 Å². The van der Waals surface area contributed by atoms with Gasteiger partial charge < -0.3 is 10.5 Å². The maximum Gasteiger partial charge on any atom is 0.157 e. The molecule has 0 amide bonds. The van der Waals surface area contributed by atoms with Crippen LogP contribution in [-0.2, 0) is 20.3 Å². The standard InChI is InChI=1S/C12H18ClNO3S/c1-2-17-12(7-14)9-18(15,16)8-10-3-5-11(13)6-4-10/h3-6,12H,2,7-9,14H2,1H3. The molecule has 6 heteroatoms. The van der Waals surface area contributed by atoms with Crippen molar-refractivity contribution >= 4 is 21.4 Å². The van der Waals surface area contributed by atoms with Crippen molar-refractivity contribution in [3.63, 3.8) is 0 Å². The van der Waals surface area contributed by atoms with E-state index in [9.17, 15) is 8.42 Å². The van der Waals surface area contributed by atoms with Gasteiger partial charge in [0.05, 0.1) is 17.6 Å². The Morgan fingerprint density at radius 2 is 1.94 bits per heavy atom. The molecule has 0 saturated heterocycles. The monoisotopic (exact) mass is 291 g/mol. The van der Waals surface area contributed by atoms with E-state index in [-0.39, 0.29) is 18.1 Å². The lowest BCUT2D eigenvalue weighted by Crippen LogP contribution is -2.32. The van der Waals surface area contributed by atoms with Crippen molar-refractivity contribution in [2.24, 2.45) is 5.73 Å². The van der Waals surface area contributed by atoms with Gasteiger partial charge in [0, 0.05) is 18.2 Å². The number of nitrogens with two attached hydrogens (primary N) is 1. The summed E-state index contributed by atoms with van der Waals surface area (Å²) in [6.07, 6.45) is -0.438. The van der Waals surface area contributed by atoms with Crippen molar-refractivity contribution in [3.8, 4) is 0 Å². The maximum atomic E-state index is 12.0. The van der Waals surface area contributed by atoms with Crippen molar-refractivity contribution in [1.29, 1.82) is 0 Å². The van der Waals surface area contributed by atoms with E-state index in [0.29, 0.717) is 17.2 Å². The summed E-state index contributed by atoms with van der Waals surface area (Å²) >= 11 is 5.74. The third kappa shape index (κ3) is 5.35. The summed E-state index contributed by atoms with van der Waals surface area (Å²) in [5.74, 6) is -0.0757. The summed E-state index contributed by atoms with van der Waals surface area (Å²) in [7, 11) is -3.23. The minimum Gasteiger partial charge on any atom is -0.376 e. The molecular formula is C12H18ClNO3S. The molecule has 0 aliphatic heterocycles. The Balaban J connectivity index is 2.66. The molecule has 0 spiro atoms. The molecule has 18 heavy (non-hydrogen) atoms. The predicted molar refractivity (Wildman–Crippen MR) is 73.4 cm³/mol. The van der Waals surface area contributed by atoms with Crippen LogP contribution in [0, 0.1) is 0 Å². The van der Waals surface area contributed by atoms with Crippen LogP contribution in [0.3, 0.4) is 0 Å². The summed E-state index contributed by atoms with van der Waals surface area (Å²) < 4.78 is 29.2. The van der Waals surface area contributed by atoms with Gasteiger partial charge in [-0.3, -0.25) is 0 Å². The first kappa shape index (κ1) is 15.4. The van der Waals surface area contributed by atoms with E-state index in [0.717, 1.165) is 0 Å². The van der Waals surface area contributed by atoms with E-state index in [1.807, 2.05) is 6.92 Å². The molecule has 102 valence electrons. The summed E-state index contributed by atoms with van der Waals surface area (Å²) in [5, 5.41) is 0.588. The van der Waals surface area contributed by atoms with Gasteiger partial charge in [0.1, 0.15) is 0 Å². The fraction of sp³-hybridized carbons (Fsp3) is 0.500. The van der Waals surface area contributed by atoms with E-state index in [1.165, 1.54) is 0 Å².